The quantitative estimate of drug-likeness (QED) is 0.931. The monoisotopic (exact) mass is 273 g/mol. The van der Waals surface area contributed by atoms with Crippen molar-refractivity contribution in [3.05, 3.63) is 30.8 Å². The standard InChI is InChI=1S/C14H15N3O.CH4O/c1-3-10-11(4-2)18-13-12(10)15-9-16-14(13)17-7-5-6-8-17;1-2/h3-4,9H,1-2,5-8H2;2H,1H3. The molecule has 0 atom stereocenters. The summed E-state index contributed by atoms with van der Waals surface area (Å²) in [6.07, 6.45) is 7.44. The molecule has 1 fully saturated rings. The van der Waals surface area contributed by atoms with Gasteiger partial charge in [0.15, 0.2) is 11.4 Å². The van der Waals surface area contributed by atoms with Gasteiger partial charge in [0, 0.05) is 25.8 Å². The maximum Gasteiger partial charge on any atom is 0.196 e. The van der Waals surface area contributed by atoms with Crippen LogP contribution in [0.3, 0.4) is 0 Å². The summed E-state index contributed by atoms with van der Waals surface area (Å²) >= 11 is 0. The molecule has 5 heteroatoms. The molecule has 0 aliphatic carbocycles. The molecule has 3 rings (SSSR count). The third-order valence-corrected chi connectivity index (χ3v) is 3.31. The molecule has 1 saturated heterocycles. The van der Waals surface area contributed by atoms with E-state index in [-0.39, 0.29) is 0 Å². The predicted molar refractivity (Wildman–Crippen MR) is 81.6 cm³/mol. The number of furan rings is 1. The topological polar surface area (TPSA) is 62.4 Å². The van der Waals surface area contributed by atoms with Crippen LogP contribution in [0.25, 0.3) is 23.3 Å². The smallest absolute Gasteiger partial charge is 0.196 e. The zero-order valence-corrected chi connectivity index (χ0v) is 11.7. The molecule has 5 nitrogen and oxygen atoms in total. The van der Waals surface area contributed by atoms with Gasteiger partial charge in [-0.25, -0.2) is 9.97 Å². The van der Waals surface area contributed by atoms with Crippen LogP contribution < -0.4 is 4.90 Å². The first-order valence-corrected chi connectivity index (χ1v) is 6.57. The van der Waals surface area contributed by atoms with Crippen molar-refractivity contribution >= 4 is 29.1 Å². The molecule has 2 aromatic rings. The van der Waals surface area contributed by atoms with Crippen molar-refractivity contribution in [3.63, 3.8) is 0 Å². The van der Waals surface area contributed by atoms with Crippen LogP contribution in [0.1, 0.15) is 24.2 Å². The lowest BCUT2D eigenvalue weighted by molar-refractivity contribution is 0.399. The van der Waals surface area contributed by atoms with Gasteiger partial charge >= 0.3 is 0 Å². The van der Waals surface area contributed by atoms with E-state index in [1.165, 1.54) is 12.8 Å². The summed E-state index contributed by atoms with van der Waals surface area (Å²) in [5, 5.41) is 7.00. The molecular weight excluding hydrogens is 254 g/mol. The van der Waals surface area contributed by atoms with Gasteiger partial charge in [0.2, 0.25) is 0 Å². The Kier molecular flexibility index (Phi) is 4.53. The molecule has 20 heavy (non-hydrogen) atoms. The third kappa shape index (κ3) is 2.32. The average Bonchev–Trinajstić information content (AvgIpc) is 3.15. The van der Waals surface area contributed by atoms with Crippen LogP contribution in [-0.4, -0.2) is 35.3 Å². The van der Waals surface area contributed by atoms with Gasteiger partial charge in [-0.3, -0.25) is 0 Å². The zero-order valence-electron chi connectivity index (χ0n) is 11.7. The lowest BCUT2D eigenvalue weighted by Gasteiger charge is -2.15. The SMILES string of the molecule is C=Cc1oc2c(N3CCCC3)ncnc2c1C=C.CO. The van der Waals surface area contributed by atoms with Crippen molar-refractivity contribution in [2.24, 2.45) is 0 Å². The minimum absolute atomic E-state index is 0.709. The molecule has 2 aromatic heterocycles. The molecule has 3 heterocycles. The minimum Gasteiger partial charge on any atom is -0.450 e. The van der Waals surface area contributed by atoms with E-state index in [1.807, 2.05) is 0 Å². The van der Waals surface area contributed by atoms with Gasteiger partial charge < -0.3 is 14.4 Å². The number of aliphatic hydroxyl groups excluding tert-OH is 1. The first-order chi connectivity index (χ1) is 9.85. The van der Waals surface area contributed by atoms with Crippen molar-refractivity contribution in [2.45, 2.75) is 12.8 Å². The molecule has 0 saturated carbocycles. The van der Waals surface area contributed by atoms with Gasteiger partial charge in [0.05, 0.1) is 0 Å². The highest BCUT2D eigenvalue weighted by molar-refractivity contribution is 5.93. The van der Waals surface area contributed by atoms with E-state index in [0.717, 1.165) is 42.7 Å². The highest BCUT2D eigenvalue weighted by Gasteiger charge is 2.21. The molecule has 0 radical (unpaired) electrons. The van der Waals surface area contributed by atoms with Gasteiger partial charge in [-0.05, 0) is 18.9 Å². The summed E-state index contributed by atoms with van der Waals surface area (Å²) in [6, 6.07) is 0. The average molecular weight is 273 g/mol. The molecule has 0 aromatic carbocycles. The van der Waals surface area contributed by atoms with Crippen LogP contribution in [0.4, 0.5) is 5.82 Å². The molecule has 0 spiro atoms. The van der Waals surface area contributed by atoms with Crippen molar-refractivity contribution in [1.29, 1.82) is 0 Å². The fourth-order valence-electron chi connectivity index (χ4n) is 2.43. The predicted octanol–water partition coefficient (Wildman–Crippen LogP) is 2.72. The number of aromatic nitrogens is 2. The van der Waals surface area contributed by atoms with Crippen LogP contribution in [0.2, 0.25) is 0 Å². The summed E-state index contributed by atoms with van der Waals surface area (Å²) < 4.78 is 5.83. The Labute approximate surface area is 118 Å². The maximum atomic E-state index is 7.00. The summed E-state index contributed by atoms with van der Waals surface area (Å²) in [5.74, 6) is 1.59. The largest absolute Gasteiger partial charge is 0.450 e. The van der Waals surface area contributed by atoms with Crippen LogP contribution in [0.15, 0.2) is 23.9 Å². The van der Waals surface area contributed by atoms with E-state index in [2.05, 4.69) is 28.0 Å². The molecular formula is C15H19N3O2. The highest BCUT2D eigenvalue weighted by atomic mass is 16.3. The van der Waals surface area contributed by atoms with E-state index in [4.69, 9.17) is 9.52 Å². The second-order valence-corrected chi connectivity index (χ2v) is 4.36. The first-order valence-electron chi connectivity index (χ1n) is 6.57. The Balaban J connectivity index is 0.000000704. The number of nitrogens with zero attached hydrogens (tertiary/aromatic N) is 3. The molecule has 0 bridgehead atoms. The number of hydrogen-bond acceptors (Lipinski definition) is 5. The van der Waals surface area contributed by atoms with E-state index in [0.29, 0.717) is 5.76 Å². The summed E-state index contributed by atoms with van der Waals surface area (Å²) in [5.41, 5.74) is 2.45. The fourth-order valence-corrected chi connectivity index (χ4v) is 2.43. The third-order valence-electron chi connectivity index (χ3n) is 3.31. The number of rotatable bonds is 3. The van der Waals surface area contributed by atoms with Gasteiger partial charge in [-0.15, -0.1) is 0 Å². The van der Waals surface area contributed by atoms with Crippen molar-refractivity contribution in [2.75, 3.05) is 25.1 Å². The number of hydrogen-bond donors (Lipinski definition) is 1. The summed E-state index contributed by atoms with van der Waals surface area (Å²) in [7, 11) is 1.00. The lowest BCUT2D eigenvalue weighted by Crippen LogP contribution is -2.19. The Bertz CT molecular complexity index is 613. The summed E-state index contributed by atoms with van der Waals surface area (Å²) in [6.45, 7) is 9.62. The molecule has 106 valence electrons. The Morgan fingerprint density at radius 1 is 1.20 bits per heavy atom. The van der Waals surface area contributed by atoms with E-state index >= 15 is 0 Å². The maximum absolute atomic E-state index is 7.00. The van der Waals surface area contributed by atoms with E-state index in [1.54, 1.807) is 18.5 Å². The molecule has 0 amide bonds. The fraction of sp³-hybridized carbons (Fsp3) is 0.333. The molecule has 1 aliphatic heterocycles. The van der Waals surface area contributed by atoms with Crippen LogP contribution in [0.5, 0.6) is 0 Å². The van der Waals surface area contributed by atoms with Crippen molar-refractivity contribution in [1.82, 2.24) is 9.97 Å². The lowest BCUT2D eigenvalue weighted by atomic mass is 10.2. The summed E-state index contributed by atoms with van der Waals surface area (Å²) in [4.78, 5) is 10.9. The second-order valence-electron chi connectivity index (χ2n) is 4.36. The second kappa shape index (κ2) is 6.34. The Hall–Kier alpha value is -2.14. The van der Waals surface area contributed by atoms with Crippen molar-refractivity contribution < 1.29 is 9.52 Å². The first kappa shape index (κ1) is 14.3. The number of anilines is 1. The Morgan fingerprint density at radius 2 is 1.90 bits per heavy atom. The van der Waals surface area contributed by atoms with Gasteiger partial charge in [0.1, 0.15) is 17.6 Å². The molecule has 0 unspecified atom stereocenters. The van der Waals surface area contributed by atoms with Crippen molar-refractivity contribution in [3.8, 4) is 0 Å². The number of aliphatic hydroxyl groups is 1. The Morgan fingerprint density at radius 3 is 2.50 bits per heavy atom. The van der Waals surface area contributed by atoms with Gasteiger partial charge in [-0.1, -0.05) is 19.2 Å². The number of fused-ring (bicyclic) bond motifs is 1. The molecule has 1 aliphatic rings. The van der Waals surface area contributed by atoms with Gasteiger partial charge in [0.25, 0.3) is 0 Å². The van der Waals surface area contributed by atoms with E-state index < -0.39 is 0 Å². The van der Waals surface area contributed by atoms with Gasteiger partial charge in [-0.2, -0.15) is 0 Å². The van der Waals surface area contributed by atoms with Crippen LogP contribution in [-0.2, 0) is 0 Å². The van der Waals surface area contributed by atoms with Crippen LogP contribution in [0, 0.1) is 0 Å². The van der Waals surface area contributed by atoms with E-state index in [9.17, 15) is 0 Å². The van der Waals surface area contributed by atoms with Crippen LogP contribution >= 0.6 is 0 Å². The normalized spacial score (nSPS) is 14.0. The highest BCUT2D eigenvalue weighted by Crippen LogP contribution is 2.32. The zero-order chi connectivity index (χ0) is 14.5. The minimum atomic E-state index is 0.709. The molecule has 1 N–H and O–H groups in total.